The van der Waals surface area contributed by atoms with Crippen molar-refractivity contribution in [3.63, 3.8) is 0 Å². The SMILES string of the molecule is NCC1CCCN(Cc2ccc(Cl)cc2-n2cncn2)C1. The van der Waals surface area contributed by atoms with Crippen molar-refractivity contribution in [2.24, 2.45) is 11.7 Å². The molecule has 3 rings (SSSR count). The highest BCUT2D eigenvalue weighted by atomic mass is 35.5. The first-order chi connectivity index (χ1) is 10.3. The van der Waals surface area contributed by atoms with E-state index >= 15 is 0 Å². The summed E-state index contributed by atoms with van der Waals surface area (Å²) >= 11 is 6.13. The minimum atomic E-state index is 0.612. The van der Waals surface area contributed by atoms with E-state index in [1.807, 2.05) is 12.1 Å². The molecule has 1 aliphatic rings. The van der Waals surface area contributed by atoms with Crippen LogP contribution in [0.15, 0.2) is 30.9 Å². The largest absolute Gasteiger partial charge is 0.330 e. The Morgan fingerprint density at radius 3 is 3.05 bits per heavy atom. The lowest BCUT2D eigenvalue weighted by molar-refractivity contribution is 0.171. The van der Waals surface area contributed by atoms with Crippen LogP contribution in [0.1, 0.15) is 18.4 Å². The first-order valence-corrected chi connectivity index (χ1v) is 7.70. The van der Waals surface area contributed by atoms with Crippen LogP contribution in [0, 0.1) is 5.92 Å². The molecule has 2 heterocycles. The Labute approximate surface area is 129 Å². The van der Waals surface area contributed by atoms with Gasteiger partial charge >= 0.3 is 0 Å². The molecule has 0 amide bonds. The van der Waals surface area contributed by atoms with Gasteiger partial charge in [0.05, 0.1) is 5.69 Å². The van der Waals surface area contributed by atoms with Crippen molar-refractivity contribution in [3.05, 3.63) is 41.4 Å². The fraction of sp³-hybridized carbons (Fsp3) is 0.467. The van der Waals surface area contributed by atoms with Crippen LogP contribution >= 0.6 is 11.6 Å². The molecule has 1 fully saturated rings. The number of nitrogens with zero attached hydrogens (tertiary/aromatic N) is 4. The summed E-state index contributed by atoms with van der Waals surface area (Å²) in [7, 11) is 0. The van der Waals surface area contributed by atoms with Crippen molar-refractivity contribution in [1.82, 2.24) is 19.7 Å². The third-order valence-electron chi connectivity index (χ3n) is 4.04. The van der Waals surface area contributed by atoms with Crippen LogP contribution in [0.25, 0.3) is 5.69 Å². The van der Waals surface area contributed by atoms with Gasteiger partial charge in [-0.15, -0.1) is 0 Å². The Hall–Kier alpha value is -1.43. The second-order valence-corrected chi connectivity index (χ2v) is 6.03. The van der Waals surface area contributed by atoms with Gasteiger partial charge in [-0.2, -0.15) is 5.10 Å². The van der Waals surface area contributed by atoms with Crippen LogP contribution < -0.4 is 5.73 Å². The lowest BCUT2D eigenvalue weighted by atomic mass is 9.97. The number of aromatic nitrogens is 3. The molecule has 1 aliphatic heterocycles. The zero-order valence-corrected chi connectivity index (χ0v) is 12.7. The molecule has 2 N–H and O–H groups in total. The third kappa shape index (κ3) is 3.43. The van der Waals surface area contributed by atoms with Crippen LogP contribution in [0.2, 0.25) is 5.02 Å². The molecule has 21 heavy (non-hydrogen) atoms. The number of piperidine rings is 1. The van der Waals surface area contributed by atoms with Crippen LogP contribution in [0.4, 0.5) is 0 Å². The molecule has 5 nitrogen and oxygen atoms in total. The molecule has 1 aromatic carbocycles. The molecule has 0 radical (unpaired) electrons. The van der Waals surface area contributed by atoms with Gasteiger partial charge in [0.2, 0.25) is 0 Å². The third-order valence-corrected chi connectivity index (χ3v) is 4.28. The molecule has 2 aromatic rings. The van der Waals surface area contributed by atoms with Crippen molar-refractivity contribution in [1.29, 1.82) is 0 Å². The molecule has 1 atom stereocenters. The van der Waals surface area contributed by atoms with Gasteiger partial charge < -0.3 is 5.73 Å². The molecular formula is C15H20ClN5. The number of hydrogen-bond donors (Lipinski definition) is 1. The maximum atomic E-state index is 6.13. The number of nitrogens with two attached hydrogens (primary N) is 1. The van der Waals surface area contributed by atoms with Crippen molar-refractivity contribution in [2.75, 3.05) is 19.6 Å². The minimum Gasteiger partial charge on any atom is -0.330 e. The van der Waals surface area contributed by atoms with Gasteiger partial charge in [0, 0.05) is 18.1 Å². The van der Waals surface area contributed by atoms with Gasteiger partial charge in [-0.25, -0.2) is 9.67 Å². The predicted octanol–water partition coefficient (Wildman–Crippen LogP) is 2.09. The highest BCUT2D eigenvalue weighted by molar-refractivity contribution is 6.30. The van der Waals surface area contributed by atoms with Gasteiger partial charge in [0.15, 0.2) is 0 Å². The zero-order chi connectivity index (χ0) is 14.7. The van der Waals surface area contributed by atoms with Crippen molar-refractivity contribution in [3.8, 4) is 5.69 Å². The quantitative estimate of drug-likeness (QED) is 0.939. The van der Waals surface area contributed by atoms with Crippen LogP contribution in [-0.2, 0) is 6.54 Å². The lowest BCUT2D eigenvalue weighted by Crippen LogP contribution is -2.38. The van der Waals surface area contributed by atoms with Crippen molar-refractivity contribution >= 4 is 11.6 Å². The highest BCUT2D eigenvalue weighted by Crippen LogP contribution is 2.23. The van der Waals surface area contributed by atoms with E-state index in [-0.39, 0.29) is 0 Å². The number of halogens is 1. The summed E-state index contributed by atoms with van der Waals surface area (Å²) in [6.07, 6.45) is 5.70. The van der Waals surface area contributed by atoms with E-state index in [1.165, 1.54) is 24.7 Å². The van der Waals surface area contributed by atoms with Gasteiger partial charge in [-0.1, -0.05) is 17.7 Å². The normalized spacial score (nSPS) is 19.8. The van der Waals surface area contributed by atoms with Gasteiger partial charge in [-0.3, -0.25) is 4.90 Å². The summed E-state index contributed by atoms with van der Waals surface area (Å²) in [6, 6.07) is 5.95. The summed E-state index contributed by atoms with van der Waals surface area (Å²) in [4.78, 5) is 6.48. The molecule has 1 aromatic heterocycles. The number of rotatable bonds is 4. The van der Waals surface area contributed by atoms with Gasteiger partial charge in [0.1, 0.15) is 12.7 Å². The molecule has 6 heteroatoms. The van der Waals surface area contributed by atoms with Gasteiger partial charge in [0.25, 0.3) is 0 Å². The Kier molecular flexibility index (Phi) is 4.53. The average Bonchev–Trinajstić information content (AvgIpc) is 3.03. The summed E-state index contributed by atoms with van der Waals surface area (Å²) in [5.74, 6) is 0.612. The Bertz CT molecular complexity index is 584. The zero-order valence-electron chi connectivity index (χ0n) is 12.0. The molecular weight excluding hydrogens is 286 g/mol. The fourth-order valence-corrected chi connectivity index (χ4v) is 3.11. The predicted molar refractivity (Wildman–Crippen MR) is 83.4 cm³/mol. The number of likely N-dealkylation sites (tertiary alicyclic amines) is 1. The molecule has 0 saturated carbocycles. The Balaban J connectivity index is 1.82. The molecule has 1 unspecified atom stereocenters. The minimum absolute atomic E-state index is 0.612. The maximum absolute atomic E-state index is 6.13. The van der Waals surface area contributed by atoms with Gasteiger partial charge in [-0.05, 0) is 49.5 Å². The molecule has 112 valence electrons. The average molecular weight is 306 g/mol. The summed E-state index contributed by atoms with van der Waals surface area (Å²) in [5.41, 5.74) is 8.03. The maximum Gasteiger partial charge on any atom is 0.138 e. The van der Waals surface area contributed by atoms with E-state index in [9.17, 15) is 0 Å². The molecule has 0 bridgehead atoms. The standard InChI is InChI=1S/C15H20ClN5/c16-14-4-3-13(15(6-14)21-11-18-10-19-21)9-20-5-1-2-12(7-17)8-20/h3-4,6,10-12H,1-2,5,7-9,17H2. The number of hydrogen-bond acceptors (Lipinski definition) is 4. The fourth-order valence-electron chi connectivity index (χ4n) is 2.94. The Morgan fingerprint density at radius 1 is 1.38 bits per heavy atom. The molecule has 0 spiro atoms. The topological polar surface area (TPSA) is 60.0 Å². The molecule has 1 saturated heterocycles. The van der Waals surface area contributed by atoms with Crippen molar-refractivity contribution in [2.45, 2.75) is 19.4 Å². The summed E-state index contributed by atoms with van der Waals surface area (Å²) < 4.78 is 1.77. The summed E-state index contributed by atoms with van der Waals surface area (Å²) in [6.45, 7) is 3.85. The highest BCUT2D eigenvalue weighted by Gasteiger charge is 2.20. The van der Waals surface area contributed by atoms with Crippen molar-refractivity contribution < 1.29 is 0 Å². The second kappa shape index (κ2) is 6.56. The molecule has 0 aliphatic carbocycles. The Morgan fingerprint density at radius 2 is 2.29 bits per heavy atom. The van der Waals surface area contributed by atoms with E-state index in [4.69, 9.17) is 17.3 Å². The van der Waals surface area contributed by atoms with E-state index in [1.54, 1.807) is 11.0 Å². The van der Waals surface area contributed by atoms with E-state index in [0.717, 1.165) is 31.9 Å². The second-order valence-electron chi connectivity index (χ2n) is 5.59. The lowest BCUT2D eigenvalue weighted by Gasteiger charge is -2.32. The summed E-state index contributed by atoms with van der Waals surface area (Å²) in [5, 5.41) is 4.93. The van der Waals surface area contributed by atoms with Crippen LogP contribution in [0.3, 0.4) is 0 Å². The first-order valence-electron chi connectivity index (χ1n) is 7.32. The van der Waals surface area contributed by atoms with Crippen LogP contribution in [-0.4, -0.2) is 39.3 Å². The van der Waals surface area contributed by atoms with E-state index in [0.29, 0.717) is 10.9 Å². The number of benzene rings is 1. The van der Waals surface area contributed by atoms with E-state index < -0.39 is 0 Å². The smallest absolute Gasteiger partial charge is 0.138 e. The van der Waals surface area contributed by atoms with E-state index in [2.05, 4.69) is 21.0 Å². The first kappa shape index (κ1) is 14.5. The van der Waals surface area contributed by atoms with Crippen LogP contribution in [0.5, 0.6) is 0 Å². The monoisotopic (exact) mass is 305 g/mol.